The minimum absolute atomic E-state index is 0.173. The van der Waals surface area contributed by atoms with Gasteiger partial charge < -0.3 is 9.52 Å². The second-order valence-electron chi connectivity index (χ2n) is 5.99. The highest BCUT2D eigenvalue weighted by atomic mass is 32.2. The van der Waals surface area contributed by atoms with Gasteiger partial charge in [-0.25, -0.2) is 13.2 Å². The van der Waals surface area contributed by atoms with E-state index in [1.54, 1.807) is 16.8 Å². The standard InChI is InChI=1S/C12H18N2O3S.C2HF3O2/c1-18(15,16)14-6-3-11-12(14)2-5-13(11)8-10-4-7-17-9-10;3-2(4,5)1(6)7/h4,7,9,11-12H,2-3,5-6,8H2,1H3;(H,6,7)/t11-,12+;/m1./s1. The molecule has 2 atom stereocenters. The molecule has 2 aliphatic rings. The largest absolute Gasteiger partial charge is 0.490 e. The lowest BCUT2D eigenvalue weighted by Gasteiger charge is -2.24. The topological polar surface area (TPSA) is 91.1 Å². The maximum atomic E-state index is 11.7. The fraction of sp³-hybridized carbons (Fsp3) is 0.643. The molecule has 2 saturated heterocycles. The van der Waals surface area contributed by atoms with Crippen LogP contribution in [0.4, 0.5) is 13.2 Å². The molecule has 142 valence electrons. The molecule has 1 N–H and O–H groups in total. The van der Waals surface area contributed by atoms with E-state index >= 15 is 0 Å². The minimum Gasteiger partial charge on any atom is -0.475 e. The van der Waals surface area contributed by atoms with Crippen LogP contribution in [0.2, 0.25) is 0 Å². The number of carbonyl (C=O) groups is 1. The first kappa shape index (κ1) is 19.7. The number of hydrogen-bond acceptors (Lipinski definition) is 5. The van der Waals surface area contributed by atoms with Crippen LogP contribution in [-0.4, -0.2) is 66.3 Å². The molecule has 3 heterocycles. The average Bonchev–Trinajstić information content (AvgIpc) is 3.16. The number of halogens is 3. The molecule has 7 nitrogen and oxygen atoms in total. The first-order chi connectivity index (χ1) is 11.5. The Bertz CT molecular complexity index is 690. The van der Waals surface area contributed by atoms with Crippen LogP contribution in [0.5, 0.6) is 0 Å². The van der Waals surface area contributed by atoms with Crippen molar-refractivity contribution < 1.29 is 35.9 Å². The Hall–Kier alpha value is -1.59. The lowest BCUT2D eigenvalue weighted by Crippen LogP contribution is -2.38. The number of rotatable bonds is 3. The van der Waals surface area contributed by atoms with Crippen LogP contribution < -0.4 is 0 Å². The van der Waals surface area contributed by atoms with E-state index in [9.17, 15) is 21.6 Å². The zero-order valence-corrected chi connectivity index (χ0v) is 14.3. The second kappa shape index (κ2) is 7.34. The van der Waals surface area contributed by atoms with Gasteiger partial charge in [0.2, 0.25) is 10.0 Å². The molecule has 0 aromatic carbocycles. The van der Waals surface area contributed by atoms with Crippen molar-refractivity contribution in [2.75, 3.05) is 19.3 Å². The molecule has 0 bridgehead atoms. The molecule has 0 amide bonds. The van der Waals surface area contributed by atoms with Gasteiger partial charge in [0, 0.05) is 37.3 Å². The molecule has 0 spiro atoms. The fourth-order valence-electron chi connectivity index (χ4n) is 3.26. The number of sulfonamides is 1. The van der Waals surface area contributed by atoms with Crippen molar-refractivity contribution in [3.63, 3.8) is 0 Å². The van der Waals surface area contributed by atoms with Gasteiger partial charge in [0.25, 0.3) is 0 Å². The van der Waals surface area contributed by atoms with Crippen LogP contribution in [0.25, 0.3) is 0 Å². The van der Waals surface area contributed by atoms with Gasteiger partial charge >= 0.3 is 12.1 Å². The third kappa shape index (κ3) is 4.95. The van der Waals surface area contributed by atoms with Crippen LogP contribution in [-0.2, 0) is 21.4 Å². The van der Waals surface area contributed by atoms with Gasteiger partial charge in [0.15, 0.2) is 0 Å². The summed E-state index contributed by atoms with van der Waals surface area (Å²) < 4.78 is 61.9. The lowest BCUT2D eigenvalue weighted by molar-refractivity contribution is -0.192. The van der Waals surface area contributed by atoms with E-state index < -0.39 is 22.2 Å². The first-order valence-corrected chi connectivity index (χ1v) is 9.37. The fourth-order valence-corrected chi connectivity index (χ4v) is 4.44. The van der Waals surface area contributed by atoms with Crippen molar-refractivity contribution in [2.45, 2.75) is 37.6 Å². The summed E-state index contributed by atoms with van der Waals surface area (Å²) >= 11 is 0. The summed E-state index contributed by atoms with van der Waals surface area (Å²) in [5.74, 6) is -2.76. The molecule has 1 aromatic rings. The number of carboxylic acids is 1. The highest BCUT2D eigenvalue weighted by molar-refractivity contribution is 7.88. The van der Waals surface area contributed by atoms with Crippen molar-refractivity contribution in [1.29, 1.82) is 0 Å². The molecule has 25 heavy (non-hydrogen) atoms. The van der Waals surface area contributed by atoms with Crippen molar-refractivity contribution in [3.05, 3.63) is 24.2 Å². The molecular weight excluding hydrogens is 365 g/mol. The van der Waals surface area contributed by atoms with Gasteiger partial charge in [0.1, 0.15) is 0 Å². The number of likely N-dealkylation sites (tertiary alicyclic amines) is 1. The molecule has 0 saturated carbocycles. The maximum absolute atomic E-state index is 11.7. The van der Waals surface area contributed by atoms with Crippen molar-refractivity contribution >= 4 is 16.0 Å². The maximum Gasteiger partial charge on any atom is 0.490 e. The normalized spacial score (nSPS) is 24.6. The summed E-state index contributed by atoms with van der Waals surface area (Å²) in [6.45, 7) is 2.48. The predicted molar refractivity (Wildman–Crippen MR) is 81.2 cm³/mol. The molecule has 0 radical (unpaired) electrons. The van der Waals surface area contributed by atoms with E-state index in [0.29, 0.717) is 12.6 Å². The number of furan rings is 1. The molecular formula is C14H19F3N2O5S. The molecule has 2 aliphatic heterocycles. The van der Waals surface area contributed by atoms with E-state index in [1.807, 2.05) is 6.07 Å². The highest BCUT2D eigenvalue weighted by Crippen LogP contribution is 2.33. The Kier molecular flexibility index (Phi) is 5.79. The Balaban J connectivity index is 0.000000277. The Labute approximate surface area is 143 Å². The predicted octanol–water partition coefficient (Wildman–Crippen LogP) is 1.52. The Morgan fingerprint density at radius 3 is 2.40 bits per heavy atom. The van der Waals surface area contributed by atoms with E-state index in [4.69, 9.17) is 14.3 Å². The first-order valence-electron chi connectivity index (χ1n) is 7.52. The van der Waals surface area contributed by atoms with E-state index in [0.717, 1.165) is 31.5 Å². The molecule has 11 heteroatoms. The summed E-state index contributed by atoms with van der Waals surface area (Å²) in [6.07, 6.45) is 1.55. The van der Waals surface area contributed by atoms with Gasteiger partial charge in [-0.15, -0.1) is 0 Å². The molecule has 3 rings (SSSR count). The monoisotopic (exact) mass is 384 g/mol. The molecule has 1 aromatic heterocycles. The van der Waals surface area contributed by atoms with E-state index in [-0.39, 0.29) is 6.04 Å². The number of alkyl halides is 3. The summed E-state index contributed by atoms with van der Waals surface area (Å²) in [5.41, 5.74) is 1.16. The minimum atomic E-state index is -5.08. The summed E-state index contributed by atoms with van der Waals surface area (Å²) in [4.78, 5) is 11.3. The summed E-state index contributed by atoms with van der Waals surface area (Å²) in [5, 5.41) is 7.12. The van der Waals surface area contributed by atoms with Gasteiger partial charge in [-0.3, -0.25) is 4.90 Å². The summed E-state index contributed by atoms with van der Waals surface area (Å²) in [6, 6.07) is 2.51. The van der Waals surface area contributed by atoms with Gasteiger partial charge in [-0.1, -0.05) is 0 Å². The van der Waals surface area contributed by atoms with Crippen LogP contribution >= 0.6 is 0 Å². The Morgan fingerprint density at radius 2 is 1.92 bits per heavy atom. The molecule has 0 unspecified atom stereocenters. The quantitative estimate of drug-likeness (QED) is 0.850. The summed E-state index contributed by atoms with van der Waals surface area (Å²) in [7, 11) is -3.05. The number of fused-ring (bicyclic) bond motifs is 1. The van der Waals surface area contributed by atoms with Gasteiger partial charge in [-0.05, 0) is 18.9 Å². The number of hydrogen-bond donors (Lipinski definition) is 1. The third-order valence-corrected chi connectivity index (χ3v) is 5.58. The number of carboxylic acid groups (broad SMARTS) is 1. The highest BCUT2D eigenvalue weighted by Gasteiger charge is 2.45. The number of aliphatic carboxylic acids is 1. The zero-order chi connectivity index (χ0) is 18.8. The van der Waals surface area contributed by atoms with Crippen LogP contribution in [0, 0.1) is 0 Å². The van der Waals surface area contributed by atoms with Crippen molar-refractivity contribution in [2.24, 2.45) is 0 Å². The van der Waals surface area contributed by atoms with Crippen molar-refractivity contribution in [1.82, 2.24) is 9.21 Å². The van der Waals surface area contributed by atoms with Crippen molar-refractivity contribution in [3.8, 4) is 0 Å². The Morgan fingerprint density at radius 1 is 1.32 bits per heavy atom. The van der Waals surface area contributed by atoms with E-state index in [2.05, 4.69) is 4.90 Å². The average molecular weight is 384 g/mol. The SMILES string of the molecule is CS(=O)(=O)N1CC[C@@H]2[C@@H]1CCN2Cc1ccoc1.O=C(O)C(F)(F)F. The third-order valence-electron chi connectivity index (χ3n) is 4.27. The molecule has 2 fully saturated rings. The zero-order valence-electron chi connectivity index (χ0n) is 13.4. The van der Waals surface area contributed by atoms with Crippen LogP contribution in [0.15, 0.2) is 23.0 Å². The van der Waals surface area contributed by atoms with Crippen LogP contribution in [0.3, 0.4) is 0 Å². The smallest absolute Gasteiger partial charge is 0.475 e. The second-order valence-corrected chi connectivity index (χ2v) is 7.93. The van der Waals surface area contributed by atoms with Gasteiger partial charge in [0.05, 0.1) is 18.8 Å². The van der Waals surface area contributed by atoms with Gasteiger partial charge in [-0.2, -0.15) is 17.5 Å². The van der Waals surface area contributed by atoms with Crippen LogP contribution in [0.1, 0.15) is 18.4 Å². The van der Waals surface area contributed by atoms with E-state index in [1.165, 1.54) is 6.26 Å². The lowest BCUT2D eigenvalue weighted by atomic mass is 10.1. The number of nitrogens with zero attached hydrogens (tertiary/aromatic N) is 2. The molecule has 0 aliphatic carbocycles.